The largest absolute Gasteiger partial charge is 0.334 e. The number of rotatable bonds is 9. The van der Waals surface area contributed by atoms with Crippen molar-refractivity contribution < 1.29 is 13.7 Å². The summed E-state index contributed by atoms with van der Waals surface area (Å²) in [6.45, 7) is 0.720. The first-order valence-corrected chi connectivity index (χ1v) is 16.2. The van der Waals surface area contributed by atoms with Gasteiger partial charge in [-0.15, -0.1) is 0 Å². The molecule has 8 fully saturated rings. The molecule has 0 radical (unpaired) electrons. The Hall–Kier alpha value is -3.03. The van der Waals surface area contributed by atoms with Crippen LogP contribution in [0.2, 0.25) is 0 Å². The first-order chi connectivity index (χ1) is 20.2. The van der Waals surface area contributed by atoms with Gasteiger partial charge in [0, 0.05) is 54.2 Å². The average Bonchev–Trinajstić information content (AvgIpc) is 3.91. The van der Waals surface area contributed by atoms with E-state index in [-0.39, 0.29) is 22.2 Å². The van der Waals surface area contributed by atoms with Crippen molar-refractivity contribution in [2.24, 2.45) is 17.9 Å². The van der Waals surface area contributed by atoms with Crippen LogP contribution in [0.15, 0.2) is 34.9 Å². The summed E-state index contributed by atoms with van der Waals surface area (Å²) in [6, 6.07) is 10.5. The molecule has 2 heterocycles. The Morgan fingerprint density at radius 3 is 2.38 bits per heavy atom. The second kappa shape index (κ2) is 8.54. The Labute approximate surface area is 246 Å². The zero-order chi connectivity index (χ0) is 28.3. The van der Waals surface area contributed by atoms with Gasteiger partial charge in [0.15, 0.2) is 5.82 Å². The van der Waals surface area contributed by atoms with E-state index >= 15 is 0 Å². The highest BCUT2D eigenvalue weighted by molar-refractivity contribution is 5.94. The Kier molecular flexibility index (Phi) is 5.18. The highest BCUT2D eigenvalue weighted by atomic mass is 19.1. The van der Waals surface area contributed by atoms with E-state index in [9.17, 15) is 9.18 Å². The standard InChI is InChI=1S/C34H40FN5O2/c1-39-27(16-26(37-39)22-5-6-22)33-12-9-31(10-13-33,11-14-33)21-40(28(41)17-32-18-34(35,19-32)20-32)25-4-2-3-24(15-25)30-36-29(38-42-30)23-7-8-23/h2-4,15-16,22-23H,5-14,17-21H2,1H3. The van der Waals surface area contributed by atoms with E-state index in [0.717, 1.165) is 75.0 Å². The van der Waals surface area contributed by atoms with E-state index < -0.39 is 5.67 Å². The van der Waals surface area contributed by atoms with Gasteiger partial charge in [0.25, 0.3) is 5.89 Å². The van der Waals surface area contributed by atoms with Gasteiger partial charge in [-0.2, -0.15) is 10.1 Å². The number of nitrogens with zero attached hydrogens (tertiary/aromatic N) is 5. The Morgan fingerprint density at radius 2 is 1.71 bits per heavy atom. The number of fused-ring (bicyclic) bond motifs is 3. The van der Waals surface area contributed by atoms with Crippen molar-refractivity contribution in [1.82, 2.24) is 19.9 Å². The minimum atomic E-state index is -0.998. The summed E-state index contributed by atoms with van der Waals surface area (Å²) in [7, 11) is 2.13. The molecule has 11 rings (SSSR count). The van der Waals surface area contributed by atoms with Crippen LogP contribution in [0.4, 0.5) is 10.1 Å². The van der Waals surface area contributed by atoms with E-state index in [1.165, 1.54) is 24.2 Å². The van der Waals surface area contributed by atoms with E-state index in [4.69, 9.17) is 9.62 Å². The van der Waals surface area contributed by atoms with Gasteiger partial charge < -0.3 is 9.42 Å². The van der Waals surface area contributed by atoms with Crippen LogP contribution in [-0.2, 0) is 17.3 Å². The van der Waals surface area contributed by atoms with Gasteiger partial charge in [-0.1, -0.05) is 11.2 Å². The molecule has 8 aliphatic carbocycles. The maximum Gasteiger partial charge on any atom is 0.258 e. The van der Waals surface area contributed by atoms with Crippen LogP contribution in [0.5, 0.6) is 0 Å². The molecular formula is C34H40FN5O2. The monoisotopic (exact) mass is 569 g/mol. The van der Waals surface area contributed by atoms with E-state index in [1.54, 1.807) is 0 Å². The number of aryl methyl sites for hydroxylation is 1. The van der Waals surface area contributed by atoms with Gasteiger partial charge in [-0.05, 0) is 119 Å². The third-order valence-corrected chi connectivity index (χ3v) is 12.0. The second-order valence-electron chi connectivity index (χ2n) is 15.3. The zero-order valence-corrected chi connectivity index (χ0v) is 24.6. The van der Waals surface area contributed by atoms with Gasteiger partial charge in [-0.25, -0.2) is 4.39 Å². The predicted molar refractivity (Wildman–Crippen MR) is 156 cm³/mol. The molecule has 42 heavy (non-hydrogen) atoms. The summed E-state index contributed by atoms with van der Waals surface area (Å²) in [5.74, 6) is 2.53. The van der Waals surface area contributed by atoms with Gasteiger partial charge in [0.05, 0.1) is 5.69 Å². The molecular weight excluding hydrogens is 529 g/mol. The molecule has 0 saturated heterocycles. The first-order valence-electron chi connectivity index (χ1n) is 16.2. The van der Waals surface area contributed by atoms with Crippen LogP contribution in [0.3, 0.4) is 0 Å². The molecule has 0 spiro atoms. The molecule has 0 aliphatic heterocycles. The van der Waals surface area contributed by atoms with Crippen molar-refractivity contribution >= 4 is 11.6 Å². The van der Waals surface area contributed by atoms with Gasteiger partial charge in [-0.3, -0.25) is 9.48 Å². The number of anilines is 1. The minimum Gasteiger partial charge on any atom is -0.334 e. The molecule has 0 atom stereocenters. The van der Waals surface area contributed by atoms with E-state index in [1.807, 2.05) is 29.2 Å². The topological polar surface area (TPSA) is 77.1 Å². The van der Waals surface area contributed by atoms with Crippen LogP contribution in [0.1, 0.15) is 119 Å². The number of carbonyl (C=O) groups excluding carboxylic acids is 1. The van der Waals surface area contributed by atoms with Crippen molar-refractivity contribution in [3.63, 3.8) is 0 Å². The Balaban J connectivity index is 0.984. The molecule has 7 nitrogen and oxygen atoms in total. The number of carbonyl (C=O) groups is 1. The van der Waals surface area contributed by atoms with Crippen LogP contribution >= 0.6 is 0 Å². The fourth-order valence-electron chi connectivity index (χ4n) is 9.24. The Morgan fingerprint density at radius 1 is 1.00 bits per heavy atom. The average molecular weight is 570 g/mol. The maximum atomic E-state index is 14.4. The fourth-order valence-corrected chi connectivity index (χ4v) is 9.24. The van der Waals surface area contributed by atoms with Gasteiger partial charge in [0.1, 0.15) is 5.67 Å². The molecule has 2 aromatic heterocycles. The molecule has 8 aliphatic rings. The number of alkyl halides is 1. The number of amides is 1. The fraction of sp³-hybridized carbons (Fsp3) is 0.647. The molecule has 3 aromatic rings. The van der Waals surface area contributed by atoms with Crippen molar-refractivity contribution in [1.29, 1.82) is 0 Å². The number of benzene rings is 1. The van der Waals surface area contributed by atoms with Crippen molar-refractivity contribution in [2.45, 2.75) is 113 Å². The lowest BCUT2D eigenvalue weighted by Gasteiger charge is -2.66. The normalized spacial score (nSPS) is 34.6. The summed E-state index contributed by atoms with van der Waals surface area (Å²) < 4.78 is 22.2. The van der Waals surface area contributed by atoms with Crippen LogP contribution < -0.4 is 4.90 Å². The van der Waals surface area contributed by atoms with E-state index in [2.05, 4.69) is 27.9 Å². The first kappa shape index (κ1) is 25.5. The quantitative estimate of drug-likeness (QED) is 0.274. The summed E-state index contributed by atoms with van der Waals surface area (Å²) >= 11 is 0. The van der Waals surface area contributed by atoms with Gasteiger partial charge >= 0.3 is 0 Å². The summed E-state index contributed by atoms with van der Waals surface area (Å²) in [5, 5.41) is 9.12. The molecule has 4 bridgehead atoms. The van der Waals surface area contributed by atoms with Gasteiger partial charge in [0.2, 0.25) is 5.91 Å². The lowest BCUT2D eigenvalue weighted by molar-refractivity contribution is -0.215. The molecule has 8 heteroatoms. The van der Waals surface area contributed by atoms with Crippen molar-refractivity contribution in [2.75, 3.05) is 11.4 Å². The number of hydrogen-bond donors (Lipinski definition) is 0. The summed E-state index contributed by atoms with van der Waals surface area (Å²) in [5.41, 5.74) is 3.65. The van der Waals surface area contributed by atoms with Crippen LogP contribution in [0, 0.1) is 10.8 Å². The molecule has 1 aromatic carbocycles. The highest BCUT2D eigenvalue weighted by Gasteiger charge is 2.69. The predicted octanol–water partition coefficient (Wildman–Crippen LogP) is 7.13. The molecule has 1 amide bonds. The number of aromatic nitrogens is 4. The smallest absolute Gasteiger partial charge is 0.258 e. The second-order valence-corrected chi connectivity index (χ2v) is 15.3. The number of halogens is 1. The lowest BCUT2D eigenvalue weighted by atomic mass is 9.41. The molecule has 0 N–H and O–H groups in total. The third-order valence-electron chi connectivity index (χ3n) is 12.0. The van der Waals surface area contributed by atoms with Crippen LogP contribution in [0.25, 0.3) is 11.5 Å². The lowest BCUT2D eigenvalue weighted by Crippen LogP contribution is -2.65. The highest BCUT2D eigenvalue weighted by Crippen LogP contribution is 2.71. The van der Waals surface area contributed by atoms with Crippen molar-refractivity contribution in [3.05, 3.63) is 47.5 Å². The third kappa shape index (κ3) is 4.03. The molecule has 220 valence electrons. The Bertz CT molecular complexity index is 1540. The SMILES string of the molecule is Cn1nc(C2CC2)cc1C12CCC(CN(C(=O)CC34CC(F)(C3)C4)c3cccc(-c4nc(C5CC5)no4)c3)(CC1)CC2. The van der Waals surface area contributed by atoms with Crippen LogP contribution in [-0.4, -0.2) is 38.0 Å². The minimum absolute atomic E-state index is 0.107. The van der Waals surface area contributed by atoms with E-state index in [0.29, 0.717) is 43.4 Å². The summed E-state index contributed by atoms with van der Waals surface area (Å²) in [4.78, 5) is 20.8. The number of hydrogen-bond acceptors (Lipinski definition) is 5. The van der Waals surface area contributed by atoms with Crippen molar-refractivity contribution in [3.8, 4) is 11.5 Å². The maximum absolute atomic E-state index is 14.4. The molecule has 8 saturated carbocycles. The molecule has 0 unspecified atom stereocenters. The summed E-state index contributed by atoms with van der Waals surface area (Å²) in [6.07, 6.45) is 13.7. The zero-order valence-electron chi connectivity index (χ0n) is 24.6.